The fourth-order valence-electron chi connectivity index (χ4n) is 4.89. The number of likely N-dealkylation sites (N-methyl/N-ethyl adjacent to an activating group) is 1. The molecule has 1 atom stereocenters. The molecule has 3 N–H and O–H groups in total. The van der Waals surface area contributed by atoms with Gasteiger partial charge in [-0.05, 0) is 31.7 Å². The Morgan fingerprint density at radius 2 is 1.80 bits per heavy atom. The number of anilines is 3. The number of hydrogen-bond donors (Lipinski definition) is 3. The zero-order chi connectivity index (χ0) is 29.3. The summed E-state index contributed by atoms with van der Waals surface area (Å²) in [6.07, 6.45) is 2.46. The maximum atomic E-state index is 15.0. The first-order valence-corrected chi connectivity index (χ1v) is 14.9. The fraction of sp³-hybridized carbons (Fsp3) is 0.333. The van der Waals surface area contributed by atoms with Crippen LogP contribution in [0.25, 0.3) is 22.3 Å². The Hall–Kier alpha value is -4.01. The number of carbonyl (C=O) groups is 1. The minimum Gasteiger partial charge on any atom is -0.323 e. The molecule has 2 aromatic carbocycles. The van der Waals surface area contributed by atoms with E-state index in [1.54, 1.807) is 18.2 Å². The Balaban J connectivity index is 1.43. The van der Waals surface area contributed by atoms with Crippen molar-refractivity contribution in [3.05, 3.63) is 54.2 Å². The summed E-state index contributed by atoms with van der Waals surface area (Å²) in [5.41, 5.74) is 0.793. The van der Waals surface area contributed by atoms with Crippen LogP contribution in [0.15, 0.2) is 47.5 Å². The van der Waals surface area contributed by atoms with Gasteiger partial charge in [-0.3, -0.25) is 14.8 Å². The molecular weight excluding hydrogens is 554 g/mol. The third-order valence-electron chi connectivity index (χ3n) is 7.10. The molecule has 1 saturated heterocycles. The van der Waals surface area contributed by atoms with Crippen molar-refractivity contribution in [2.45, 2.75) is 24.3 Å². The van der Waals surface area contributed by atoms with Crippen molar-refractivity contribution in [3.8, 4) is 11.4 Å². The molecule has 1 aliphatic rings. The van der Waals surface area contributed by atoms with Crippen molar-refractivity contribution < 1.29 is 22.0 Å². The molecule has 216 valence electrons. The summed E-state index contributed by atoms with van der Waals surface area (Å²) >= 11 is 0. The van der Waals surface area contributed by atoms with Crippen LogP contribution in [0.5, 0.6) is 0 Å². The van der Waals surface area contributed by atoms with E-state index < -0.39 is 26.4 Å². The Morgan fingerprint density at radius 3 is 2.51 bits per heavy atom. The molecule has 41 heavy (non-hydrogen) atoms. The quantitative estimate of drug-likeness (QED) is 0.285. The molecule has 4 aromatic rings. The van der Waals surface area contributed by atoms with Crippen LogP contribution < -0.4 is 10.6 Å². The van der Waals surface area contributed by atoms with Gasteiger partial charge in [0.05, 0.1) is 29.3 Å². The Kier molecular flexibility index (Phi) is 7.98. The highest BCUT2D eigenvalue weighted by molar-refractivity contribution is 7.90. The largest absolute Gasteiger partial charge is 0.323 e. The van der Waals surface area contributed by atoms with E-state index in [0.717, 1.165) is 44.7 Å². The molecule has 1 amide bonds. The highest BCUT2D eigenvalue weighted by Crippen LogP contribution is 2.32. The third kappa shape index (κ3) is 5.89. The smallest absolute Gasteiger partial charge is 0.241 e. The summed E-state index contributed by atoms with van der Waals surface area (Å²) in [4.78, 5) is 25.3. The van der Waals surface area contributed by atoms with Crippen molar-refractivity contribution in [2.24, 2.45) is 0 Å². The number of sulfone groups is 1. The summed E-state index contributed by atoms with van der Waals surface area (Å²) in [5, 5.41) is 13.2. The lowest BCUT2D eigenvalue weighted by molar-refractivity contribution is -0.122. The number of benzene rings is 2. The molecule has 3 heterocycles. The first-order chi connectivity index (χ1) is 19.6. The number of nitrogens with zero attached hydrogens (tertiary/aromatic N) is 5. The van der Waals surface area contributed by atoms with Crippen molar-refractivity contribution in [1.82, 2.24) is 30.0 Å². The number of rotatable bonds is 8. The van der Waals surface area contributed by atoms with Crippen LogP contribution in [0.4, 0.5) is 26.1 Å². The highest BCUT2D eigenvalue weighted by atomic mass is 32.2. The van der Waals surface area contributed by atoms with E-state index in [4.69, 9.17) is 0 Å². The summed E-state index contributed by atoms with van der Waals surface area (Å²) < 4.78 is 53.6. The lowest BCUT2D eigenvalue weighted by atomic mass is 10.1. The van der Waals surface area contributed by atoms with Gasteiger partial charge in [0.15, 0.2) is 21.5 Å². The molecule has 0 radical (unpaired) electrons. The fourth-order valence-corrected chi connectivity index (χ4v) is 5.66. The molecule has 1 fully saturated rings. The monoisotopic (exact) mass is 584 g/mol. The minimum absolute atomic E-state index is 0.142. The topological polar surface area (TPSA) is 136 Å². The van der Waals surface area contributed by atoms with E-state index in [2.05, 4.69) is 47.6 Å². The Morgan fingerprint density at radius 1 is 1.10 bits per heavy atom. The zero-order valence-corrected chi connectivity index (χ0v) is 23.6. The number of piperazine rings is 1. The third-order valence-corrected chi connectivity index (χ3v) is 8.22. The van der Waals surface area contributed by atoms with Crippen LogP contribution in [-0.2, 0) is 14.6 Å². The van der Waals surface area contributed by atoms with Crippen LogP contribution in [0.3, 0.4) is 0 Å². The van der Waals surface area contributed by atoms with Gasteiger partial charge in [0, 0.05) is 37.8 Å². The average Bonchev–Trinajstić information content (AvgIpc) is 3.37. The summed E-state index contributed by atoms with van der Waals surface area (Å²) in [6.45, 7) is 5.34. The van der Waals surface area contributed by atoms with Crippen LogP contribution >= 0.6 is 0 Å². The standard InChI is InChI=1S/C27H30F2N8O3S/c1-4-20(37-13-11-36(2)12-14-37)26(38)31-19-9-5-7-16-23(19)34-35-24(16)25-17(28)15-30-27(33-25)32-18-8-6-10-21(22(18)29)41(3,39)40/h5-10,15,20H,4,11-14H2,1-3H3,(H,31,38)(H,34,35)(H,30,32,33). The Labute approximate surface area is 235 Å². The molecule has 0 saturated carbocycles. The van der Waals surface area contributed by atoms with Crippen molar-refractivity contribution in [2.75, 3.05) is 50.1 Å². The SMILES string of the molecule is CCC(C(=O)Nc1cccc2c(-c3nc(Nc4cccc(S(C)(=O)=O)c4F)ncc3F)[nH]nc12)N1CCN(C)CC1. The van der Waals surface area contributed by atoms with Crippen LogP contribution in [0.1, 0.15) is 13.3 Å². The van der Waals surface area contributed by atoms with Crippen LogP contribution in [-0.4, -0.2) is 89.8 Å². The molecule has 1 aliphatic heterocycles. The van der Waals surface area contributed by atoms with E-state index in [1.807, 2.05) is 6.92 Å². The van der Waals surface area contributed by atoms with Gasteiger partial charge in [-0.2, -0.15) is 5.10 Å². The van der Waals surface area contributed by atoms with E-state index >= 15 is 0 Å². The number of aromatic nitrogens is 4. The number of carbonyl (C=O) groups excluding carboxylic acids is 1. The lowest BCUT2D eigenvalue weighted by Gasteiger charge is -2.36. The molecule has 11 nitrogen and oxygen atoms in total. The summed E-state index contributed by atoms with van der Waals surface area (Å²) in [6, 6.07) is 8.70. The van der Waals surface area contributed by atoms with E-state index in [9.17, 15) is 22.0 Å². The van der Waals surface area contributed by atoms with E-state index in [-0.39, 0.29) is 35.0 Å². The maximum Gasteiger partial charge on any atom is 0.241 e. The number of fused-ring (bicyclic) bond motifs is 1. The molecular formula is C27H30F2N8O3S. The second kappa shape index (κ2) is 11.5. The van der Waals surface area contributed by atoms with Gasteiger partial charge in [-0.1, -0.05) is 25.1 Å². The summed E-state index contributed by atoms with van der Waals surface area (Å²) in [5.74, 6) is -2.07. The van der Waals surface area contributed by atoms with Gasteiger partial charge < -0.3 is 15.5 Å². The second-order valence-electron chi connectivity index (χ2n) is 9.96. The molecule has 0 bridgehead atoms. The molecule has 5 rings (SSSR count). The molecule has 14 heteroatoms. The number of aromatic amines is 1. The van der Waals surface area contributed by atoms with Crippen LogP contribution in [0, 0.1) is 11.6 Å². The molecule has 0 spiro atoms. The molecule has 0 aliphatic carbocycles. The van der Waals surface area contributed by atoms with Crippen LogP contribution in [0.2, 0.25) is 0 Å². The maximum absolute atomic E-state index is 15.0. The van der Waals surface area contributed by atoms with Gasteiger partial charge >= 0.3 is 0 Å². The Bertz CT molecular complexity index is 1700. The number of nitrogens with one attached hydrogen (secondary N) is 3. The molecule has 2 aromatic heterocycles. The predicted octanol–water partition coefficient (Wildman–Crippen LogP) is 3.41. The van der Waals surface area contributed by atoms with Gasteiger partial charge in [0.1, 0.15) is 16.1 Å². The predicted molar refractivity (Wildman–Crippen MR) is 152 cm³/mol. The molecule has 1 unspecified atom stereocenters. The average molecular weight is 585 g/mol. The first kappa shape index (κ1) is 28.5. The van der Waals surface area contributed by atoms with Gasteiger partial charge in [-0.25, -0.2) is 27.2 Å². The zero-order valence-electron chi connectivity index (χ0n) is 22.8. The van der Waals surface area contributed by atoms with Crippen molar-refractivity contribution in [3.63, 3.8) is 0 Å². The normalized spacial score (nSPS) is 15.6. The number of H-pyrrole nitrogens is 1. The number of para-hydroxylation sites is 1. The van der Waals surface area contributed by atoms with E-state index in [1.165, 1.54) is 12.1 Å². The van der Waals surface area contributed by atoms with Gasteiger partial charge in [-0.15, -0.1) is 0 Å². The first-order valence-electron chi connectivity index (χ1n) is 13.1. The lowest BCUT2D eigenvalue weighted by Crippen LogP contribution is -2.52. The van der Waals surface area contributed by atoms with Crippen molar-refractivity contribution >= 4 is 44.0 Å². The number of hydrogen-bond acceptors (Lipinski definition) is 9. The minimum atomic E-state index is -3.82. The number of halogens is 2. The second-order valence-corrected chi connectivity index (χ2v) is 11.9. The van der Waals surface area contributed by atoms with Gasteiger partial charge in [0.2, 0.25) is 11.9 Å². The number of amides is 1. The highest BCUT2D eigenvalue weighted by Gasteiger charge is 2.28. The van der Waals surface area contributed by atoms with Gasteiger partial charge in [0.25, 0.3) is 0 Å². The van der Waals surface area contributed by atoms with Crippen molar-refractivity contribution in [1.29, 1.82) is 0 Å². The van der Waals surface area contributed by atoms with E-state index in [0.29, 0.717) is 23.0 Å². The summed E-state index contributed by atoms with van der Waals surface area (Å²) in [7, 11) is -1.76.